The number of anilines is 1. The molecule has 1 aromatic heterocycles. The van der Waals surface area contributed by atoms with Crippen molar-refractivity contribution in [3.63, 3.8) is 0 Å². The number of rotatable bonds is 5. The molecule has 1 atom stereocenters. The van der Waals surface area contributed by atoms with Gasteiger partial charge in [-0.2, -0.15) is 0 Å². The van der Waals surface area contributed by atoms with Crippen LogP contribution in [0.25, 0.3) is 0 Å². The summed E-state index contributed by atoms with van der Waals surface area (Å²) in [5, 5.41) is 6.85. The van der Waals surface area contributed by atoms with Crippen LogP contribution in [0.15, 0.2) is 6.07 Å². The lowest BCUT2D eigenvalue weighted by atomic mass is 9.96. The number of hydrogen-bond acceptors (Lipinski definition) is 6. The maximum Gasteiger partial charge on any atom is 0.147 e. The molecule has 2 N–H and O–H groups in total. The summed E-state index contributed by atoms with van der Waals surface area (Å²) in [7, 11) is 3.71. The average Bonchev–Trinajstić information content (AvgIpc) is 3.27. The monoisotopic (exact) mass is 395 g/mol. The van der Waals surface area contributed by atoms with E-state index < -0.39 is 0 Å². The molecule has 0 amide bonds. The predicted molar refractivity (Wildman–Crippen MR) is 117 cm³/mol. The van der Waals surface area contributed by atoms with Gasteiger partial charge in [-0.25, -0.2) is 9.97 Å². The largest absolute Gasteiger partial charge is 0.496 e. The molecule has 2 aliphatic rings. The predicted octanol–water partition coefficient (Wildman–Crippen LogP) is 3.43. The van der Waals surface area contributed by atoms with Gasteiger partial charge in [-0.1, -0.05) is 0 Å². The molecule has 0 bridgehead atoms. The molecule has 2 aromatic rings. The Bertz CT molecular complexity index is 905. The van der Waals surface area contributed by atoms with Crippen molar-refractivity contribution in [1.82, 2.24) is 20.2 Å². The van der Waals surface area contributed by atoms with Crippen molar-refractivity contribution in [2.24, 2.45) is 0 Å². The molecule has 0 radical (unpaired) electrons. The summed E-state index contributed by atoms with van der Waals surface area (Å²) in [4.78, 5) is 12.4. The number of hydrogen-bond donors (Lipinski definition) is 2. The second-order valence-corrected chi connectivity index (χ2v) is 8.34. The Morgan fingerprint density at radius 3 is 2.76 bits per heavy atom. The average molecular weight is 396 g/mol. The van der Waals surface area contributed by atoms with Crippen molar-refractivity contribution in [3.05, 3.63) is 45.4 Å². The second kappa shape index (κ2) is 8.28. The van der Waals surface area contributed by atoms with Crippen LogP contribution in [0.1, 0.15) is 58.2 Å². The highest BCUT2D eigenvalue weighted by Crippen LogP contribution is 2.31. The lowest BCUT2D eigenvalue weighted by Crippen LogP contribution is -2.33. The van der Waals surface area contributed by atoms with Gasteiger partial charge < -0.3 is 15.4 Å². The third-order valence-corrected chi connectivity index (χ3v) is 6.58. The van der Waals surface area contributed by atoms with Gasteiger partial charge in [-0.15, -0.1) is 0 Å². The Kier molecular flexibility index (Phi) is 5.74. The van der Waals surface area contributed by atoms with Crippen molar-refractivity contribution < 1.29 is 4.74 Å². The maximum atomic E-state index is 5.54. The van der Waals surface area contributed by atoms with E-state index in [1.807, 2.05) is 7.05 Å². The van der Waals surface area contributed by atoms with Crippen LogP contribution in [0.5, 0.6) is 5.75 Å². The van der Waals surface area contributed by atoms with Gasteiger partial charge in [0, 0.05) is 32.2 Å². The number of ether oxygens (including phenoxy) is 1. The van der Waals surface area contributed by atoms with Crippen molar-refractivity contribution in [2.45, 2.75) is 59.2 Å². The van der Waals surface area contributed by atoms with Gasteiger partial charge in [-0.3, -0.25) is 4.90 Å². The van der Waals surface area contributed by atoms with E-state index in [-0.39, 0.29) is 6.04 Å². The smallest absolute Gasteiger partial charge is 0.147 e. The van der Waals surface area contributed by atoms with Crippen LogP contribution in [0.3, 0.4) is 0 Å². The molecular formula is C23H33N5O. The fourth-order valence-electron chi connectivity index (χ4n) is 4.68. The summed E-state index contributed by atoms with van der Waals surface area (Å²) in [6.07, 6.45) is 3.30. The number of aryl methyl sites for hydroxylation is 1. The second-order valence-electron chi connectivity index (χ2n) is 8.34. The van der Waals surface area contributed by atoms with Gasteiger partial charge in [0.1, 0.15) is 17.4 Å². The minimum Gasteiger partial charge on any atom is -0.496 e. The zero-order valence-corrected chi connectivity index (χ0v) is 18.4. The molecule has 1 fully saturated rings. The van der Waals surface area contributed by atoms with E-state index in [1.54, 1.807) is 7.11 Å². The zero-order valence-electron chi connectivity index (χ0n) is 18.4. The number of nitrogens with one attached hydrogen (secondary N) is 2. The van der Waals surface area contributed by atoms with Crippen molar-refractivity contribution in [3.8, 4) is 5.75 Å². The molecule has 0 saturated carbocycles. The Morgan fingerprint density at radius 1 is 1.24 bits per heavy atom. The van der Waals surface area contributed by atoms with E-state index in [0.717, 1.165) is 56.4 Å². The van der Waals surface area contributed by atoms with Gasteiger partial charge in [0.05, 0.1) is 18.8 Å². The lowest BCUT2D eigenvalue weighted by molar-refractivity contribution is 0.239. The lowest BCUT2D eigenvalue weighted by Gasteiger charge is -2.31. The number of aromatic nitrogens is 2. The van der Waals surface area contributed by atoms with Crippen LogP contribution in [0.2, 0.25) is 0 Å². The molecule has 156 valence electrons. The van der Waals surface area contributed by atoms with E-state index in [2.05, 4.69) is 42.4 Å². The number of benzene rings is 1. The molecule has 1 saturated heterocycles. The summed E-state index contributed by atoms with van der Waals surface area (Å²) >= 11 is 0. The van der Waals surface area contributed by atoms with Gasteiger partial charge in [0.25, 0.3) is 0 Å². The van der Waals surface area contributed by atoms with Crippen molar-refractivity contribution >= 4 is 5.82 Å². The van der Waals surface area contributed by atoms with Gasteiger partial charge >= 0.3 is 0 Å². The Labute approximate surface area is 174 Å². The standard InChI is InChI=1S/C23H33N5O/c1-14-11-21(29-5)16(3)15(2)18(14)12-28-10-8-17-20(13-28)26-23(27-22(17)24-4)19-7-6-9-25-19/h11,19,25H,6-10,12-13H2,1-5H3,(H,24,26,27). The first-order valence-electron chi connectivity index (χ1n) is 10.7. The van der Waals surface area contributed by atoms with Crippen LogP contribution in [-0.2, 0) is 19.5 Å². The molecule has 6 nitrogen and oxygen atoms in total. The number of nitrogens with zero attached hydrogens (tertiary/aromatic N) is 3. The van der Waals surface area contributed by atoms with Crippen LogP contribution >= 0.6 is 0 Å². The van der Waals surface area contributed by atoms with Gasteiger partial charge in [0.2, 0.25) is 0 Å². The quantitative estimate of drug-likeness (QED) is 0.809. The minimum atomic E-state index is 0.288. The molecule has 6 heteroatoms. The highest BCUT2D eigenvalue weighted by atomic mass is 16.5. The van der Waals surface area contributed by atoms with Gasteiger partial charge in [-0.05, 0) is 74.9 Å². The fourth-order valence-corrected chi connectivity index (χ4v) is 4.68. The summed E-state index contributed by atoms with van der Waals surface area (Å²) in [6, 6.07) is 2.46. The molecule has 1 aromatic carbocycles. The van der Waals surface area contributed by atoms with Crippen LogP contribution in [0, 0.1) is 20.8 Å². The first-order chi connectivity index (χ1) is 14.0. The van der Waals surface area contributed by atoms with E-state index in [9.17, 15) is 0 Å². The molecule has 4 rings (SSSR count). The SMILES string of the molecule is CNc1nc(C2CCCN2)nc2c1CCN(Cc1c(C)cc(OC)c(C)c1C)C2. The first kappa shape index (κ1) is 20.1. The summed E-state index contributed by atoms with van der Waals surface area (Å²) in [5.41, 5.74) is 7.74. The summed E-state index contributed by atoms with van der Waals surface area (Å²) in [5.74, 6) is 2.93. The highest BCUT2D eigenvalue weighted by molar-refractivity contribution is 5.49. The molecular weight excluding hydrogens is 362 g/mol. The fraction of sp³-hybridized carbons (Fsp3) is 0.565. The van der Waals surface area contributed by atoms with Crippen LogP contribution < -0.4 is 15.4 Å². The molecule has 0 aliphatic carbocycles. The Hall–Kier alpha value is -2.18. The maximum absolute atomic E-state index is 5.54. The number of fused-ring (bicyclic) bond motifs is 1. The zero-order chi connectivity index (χ0) is 20.5. The molecule has 29 heavy (non-hydrogen) atoms. The van der Waals surface area contributed by atoms with Crippen molar-refractivity contribution in [2.75, 3.05) is 32.6 Å². The van der Waals surface area contributed by atoms with E-state index in [1.165, 1.54) is 39.9 Å². The third-order valence-electron chi connectivity index (χ3n) is 6.58. The van der Waals surface area contributed by atoms with E-state index >= 15 is 0 Å². The molecule has 2 aliphatic heterocycles. The Balaban J connectivity index is 1.60. The van der Waals surface area contributed by atoms with E-state index in [4.69, 9.17) is 14.7 Å². The van der Waals surface area contributed by atoms with Crippen molar-refractivity contribution in [1.29, 1.82) is 0 Å². The normalized spacial score (nSPS) is 19.3. The third kappa shape index (κ3) is 3.83. The van der Waals surface area contributed by atoms with Gasteiger partial charge in [0.15, 0.2) is 0 Å². The van der Waals surface area contributed by atoms with Crippen LogP contribution in [-0.4, -0.2) is 42.1 Å². The van der Waals surface area contributed by atoms with Crippen LogP contribution in [0.4, 0.5) is 5.82 Å². The molecule has 1 unspecified atom stereocenters. The molecule has 3 heterocycles. The summed E-state index contributed by atoms with van der Waals surface area (Å²) in [6.45, 7) is 10.4. The minimum absolute atomic E-state index is 0.288. The van der Waals surface area contributed by atoms with E-state index in [0.29, 0.717) is 0 Å². The molecule has 0 spiro atoms. The number of methoxy groups -OCH3 is 1. The highest BCUT2D eigenvalue weighted by Gasteiger charge is 2.26. The Morgan fingerprint density at radius 2 is 2.07 bits per heavy atom. The summed E-state index contributed by atoms with van der Waals surface area (Å²) < 4.78 is 5.54. The topological polar surface area (TPSA) is 62.3 Å². The first-order valence-corrected chi connectivity index (χ1v) is 10.7.